The Morgan fingerprint density at radius 2 is 0.812 bits per heavy atom. The summed E-state index contributed by atoms with van der Waals surface area (Å²) in [6.07, 6.45) is 19.7. The summed E-state index contributed by atoms with van der Waals surface area (Å²) in [6.45, 7) is 1.52. The van der Waals surface area contributed by atoms with Gasteiger partial charge in [0.25, 0.3) is 0 Å². The van der Waals surface area contributed by atoms with Crippen LogP contribution in [0.15, 0.2) is 0 Å². The summed E-state index contributed by atoms with van der Waals surface area (Å²) >= 11 is 0. The minimum Gasteiger partial charge on any atom is -0.273 e. The van der Waals surface area contributed by atoms with Gasteiger partial charge in [-0.2, -0.15) is 0 Å². The number of amides is 2. The van der Waals surface area contributed by atoms with Gasteiger partial charge in [0.05, 0.1) is 0 Å². The van der Waals surface area contributed by atoms with E-state index >= 15 is 0 Å². The molecule has 176 valence electrons. The lowest BCUT2D eigenvalue weighted by Crippen LogP contribution is -2.57. The third-order valence-electron chi connectivity index (χ3n) is 11.2. The van der Waals surface area contributed by atoms with Crippen molar-refractivity contribution < 1.29 is 9.59 Å². The fourth-order valence-electron chi connectivity index (χ4n) is 11.1. The molecule has 9 fully saturated rings. The lowest BCUT2D eigenvalue weighted by atomic mass is 9.48. The average Bonchev–Trinajstić information content (AvgIpc) is 2.71. The lowest BCUT2D eigenvalue weighted by Gasteiger charge is -2.57. The van der Waals surface area contributed by atoms with Crippen molar-refractivity contribution in [3.05, 3.63) is 0 Å². The molecule has 1 heterocycles. The summed E-state index contributed by atoms with van der Waals surface area (Å²) < 4.78 is 0. The van der Waals surface area contributed by atoms with E-state index in [-0.39, 0.29) is 22.6 Å². The maximum atomic E-state index is 13.7. The molecule has 1 aliphatic heterocycles. The van der Waals surface area contributed by atoms with Crippen LogP contribution < -0.4 is 0 Å². The van der Waals surface area contributed by atoms with Crippen LogP contribution >= 0.6 is 0 Å². The highest BCUT2D eigenvalue weighted by molar-refractivity contribution is 5.83. The molecule has 0 spiro atoms. The molecule has 8 saturated carbocycles. The van der Waals surface area contributed by atoms with Gasteiger partial charge in [-0.05, 0) is 136 Å². The van der Waals surface area contributed by atoms with Gasteiger partial charge >= 0.3 is 0 Å². The van der Waals surface area contributed by atoms with E-state index in [4.69, 9.17) is 0 Å². The second-order valence-electron chi connectivity index (χ2n) is 13.9. The molecule has 0 atom stereocenters. The molecule has 32 heavy (non-hydrogen) atoms. The van der Waals surface area contributed by atoms with E-state index in [1.54, 1.807) is 0 Å². The Labute approximate surface area is 193 Å². The third kappa shape index (κ3) is 3.36. The fourth-order valence-corrected chi connectivity index (χ4v) is 11.1. The first-order valence-corrected chi connectivity index (χ1v) is 14.1. The van der Waals surface area contributed by atoms with E-state index in [0.29, 0.717) is 12.8 Å². The molecule has 9 aliphatic rings. The summed E-state index contributed by atoms with van der Waals surface area (Å²) in [4.78, 5) is 27.4. The Morgan fingerprint density at radius 1 is 0.531 bits per heavy atom. The first kappa shape index (κ1) is 20.3. The largest absolute Gasteiger partial charge is 0.273 e. The molecule has 0 N–H and O–H groups in total. The third-order valence-corrected chi connectivity index (χ3v) is 11.2. The normalized spacial score (nSPS) is 48.5. The van der Waals surface area contributed by atoms with Crippen molar-refractivity contribution in [2.45, 2.75) is 103 Å². The Morgan fingerprint density at radius 3 is 1.09 bits per heavy atom. The number of carbonyl (C=O) groups excluding carboxylic acids is 2. The van der Waals surface area contributed by atoms with Crippen molar-refractivity contribution >= 4 is 11.8 Å². The predicted molar refractivity (Wildman–Crippen MR) is 123 cm³/mol. The van der Waals surface area contributed by atoms with Crippen LogP contribution in [0.1, 0.15) is 103 Å². The zero-order valence-corrected chi connectivity index (χ0v) is 19.9. The maximum absolute atomic E-state index is 13.7. The van der Waals surface area contributed by atoms with Crippen LogP contribution in [0.4, 0.5) is 0 Å². The monoisotopic (exact) mass is 438 g/mol. The Kier molecular flexibility index (Phi) is 4.58. The van der Waals surface area contributed by atoms with Crippen molar-refractivity contribution in [1.29, 1.82) is 0 Å². The highest BCUT2D eigenvalue weighted by Crippen LogP contribution is 2.62. The molecule has 0 radical (unpaired) electrons. The molecule has 4 nitrogen and oxygen atoms in total. The van der Waals surface area contributed by atoms with Crippen LogP contribution in [0.5, 0.6) is 0 Å². The van der Waals surface area contributed by atoms with E-state index < -0.39 is 0 Å². The van der Waals surface area contributed by atoms with Gasteiger partial charge < -0.3 is 0 Å². The molecule has 8 bridgehead atoms. The lowest BCUT2D eigenvalue weighted by molar-refractivity contribution is -0.175. The van der Waals surface area contributed by atoms with Crippen molar-refractivity contribution in [2.75, 3.05) is 13.1 Å². The second-order valence-corrected chi connectivity index (χ2v) is 13.9. The van der Waals surface area contributed by atoms with Gasteiger partial charge in [-0.3, -0.25) is 19.6 Å². The summed E-state index contributed by atoms with van der Waals surface area (Å²) in [5.41, 5.74) is 0.524. The molecule has 4 heteroatoms. The molecular formula is C28H42N2O2. The number of rotatable bonds is 4. The summed E-state index contributed by atoms with van der Waals surface area (Å²) in [5.74, 6) is 5.81. The van der Waals surface area contributed by atoms with Crippen LogP contribution in [0, 0.1) is 46.3 Å². The van der Waals surface area contributed by atoms with E-state index in [1.165, 1.54) is 77.0 Å². The number of hydrazine groups is 1. The summed E-state index contributed by atoms with van der Waals surface area (Å²) in [7, 11) is 0. The Hall–Kier alpha value is -1.06. The second kappa shape index (κ2) is 7.22. The average molecular weight is 439 g/mol. The molecule has 0 aromatic heterocycles. The minimum atomic E-state index is 0.262. The van der Waals surface area contributed by atoms with Crippen molar-refractivity contribution in [3.63, 3.8) is 0 Å². The summed E-state index contributed by atoms with van der Waals surface area (Å²) in [6, 6.07) is 0. The zero-order valence-electron chi connectivity index (χ0n) is 19.9. The van der Waals surface area contributed by atoms with Gasteiger partial charge in [0.1, 0.15) is 0 Å². The molecule has 0 aromatic rings. The van der Waals surface area contributed by atoms with Crippen LogP contribution in [0.25, 0.3) is 0 Å². The molecule has 2 amide bonds. The smallest absolute Gasteiger partial charge is 0.241 e. The van der Waals surface area contributed by atoms with E-state index in [9.17, 15) is 9.59 Å². The van der Waals surface area contributed by atoms with Crippen molar-refractivity contribution in [1.82, 2.24) is 10.0 Å². The first-order chi connectivity index (χ1) is 15.5. The molecule has 8 aliphatic carbocycles. The minimum absolute atomic E-state index is 0.262. The molecule has 1 saturated heterocycles. The maximum Gasteiger partial charge on any atom is 0.241 e. The van der Waals surface area contributed by atoms with E-state index in [1.807, 2.05) is 10.0 Å². The van der Waals surface area contributed by atoms with E-state index in [0.717, 1.165) is 61.4 Å². The predicted octanol–water partition coefficient (Wildman–Crippen LogP) is 5.57. The molecular weight excluding hydrogens is 396 g/mol. The number of nitrogens with zero attached hydrogens (tertiary/aromatic N) is 2. The highest BCUT2D eigenvalue weighted by Gasteiger charge is 2.54. The topological polar surface area (TPSA) is 40.6 Å². The van der Waals surface area contributed by atoms with E-state index in [2.05, 4.69) is 0 Å². The zero-order chi connectivity index (χ0) is 21.5. The number of carbonyl (C=O) groups is 2. The molecule has 0 aromatic carbocycles. The van der Waals surface area contributed by atoms with Gasteiger partial charge in [0.2, 0.25) is 11.8 Å². The SMILES string of the molecule is O=C(CC12CC3CC(CC(C3)C1)C2)N1CCCCN1C(=O)CC12CC3CC(CC(C3)C1)C2. The van der Waals surface area contributed by atoms with Crippen LogP contribution in [-0.2, 0) is 9.59 Å². The van der Waals surface area contributed by atoms with Gasteiger partial charge in [0, 0.05) is 25.9 Å². The molecule has 0 unspecified atom stereocenters. The van der Waals surface area contributed by atoms with Gasteiger partial charge in [-0.1, -0.05) is 0 Å². The highest BCUT2D eigenvalue weighted by atomic mass is 16.2. The Balaban J connectivity index is 1.06. The van der Waals surface area contributed by atoms with Gasteiger partial charge in [-0.15, -0.1) is 0 Å². The Bertz CT molecular complexity index is 667. The van der Waals surface area contributed by atoms with Crippen LogP contribution in [-0.4, -0.2) is 34.9 Å². The molecule has 9 rings (SSSR count). The van der Waals surface area contributed by atoms with Crippen LogP contribution in [0.3, 0.4) is 0 Å². The number of hydrogen-bond donors (Lipinski definition) is 0. The summed E-state index contributed by atoms with van der Waals surface area (Å²) in [5, 5.41) is 3.87. The van der Waals surface area contributed by atoms with Crippen LogP contribution in [0.2, 0.25) is 0 Å². The number of hydrogen-bond acceptors (Lipinski definition) is 2. The van der Waals surface area contributed by atoms with Crippen molar-refractivity contribution in [2.24, 2.45) is 46.3 Å². The standard InChI is InChI=1S/C28H42N2O2/c31-25(17-27-11-19-5-20(12-27)7-21(6-19)13-27)29-3-1-2-4-30(29)26(32)18-28-14-22-8-23(15-28)10-24(9-22)16-28/h19-24H,1-18H2. The van der Waals surface area contributed by atoms with Crippen molar-refractivity contribution in [3.8, 4) is 0 Å². The van der Waals surface area contributed by atoms with Gasteiger partial charge in [0.15, 0.2) is 0 Å². The fraction of sp³-hybridized carbons (Fsp3) is 0.929. The van der Waals surface area contributed by atoms with Gasteiger partial charge in [-0.25, -0.2) is 0 Å². The first-order valence-electron chi connectivity index (χ1n) is 14.1. The quantitative estimate of drug-likeness (QED) is 0.576.